The van der Waals surface area contributed by atoms with Gasteiger partial charge < -0.3 is 15.6 Å². The van der Waals surface area contributed by atoms with E-state index in [-0.39, 0.29) is 11.8 Å². The fourth-order valence-electron chi connectivity index (χ4n) is 2.25. The highest BCUT2D eigenvalue weighted by molar-refractivity contribution is 5.29. The van der Waals surface area contributed by atoms with Crippen LogP contribution in [0.4, 0.5) is 13.2 Å². The van der Waals surface area contributed by atoms with Gasteiger partial charge >= 0.3 is 6.36 Å². The predicted octanol–water partition coefficient (Wildman–Crippen LogP) is 1.98. The molecule has 0 atom stereocenters. The van der Waals surface area contributed by atoms with Crippen LogP contribution in [0.25, 0.3) is 0 Å². The van der Waals surface area contributed by atoms with Crippen molar-refractivity contribution < 1.29 is 23.0 Å². The van der Waals surface area contributed by atoms with Crippen LogP contribution < -0.4 is 10.5 Å². The molecule has 1 aliphatic rings. The summed E-state index contributed by atoms with van der Waals surface area (Å²) in [6.45, 7) is 0. The van der Waals surface area contributed by atoms with Crippen molar-refractivity contribution in [3.05, 3.63) is 29.8 Å². The lowest BCUT2D eigenvalue weighted by atomic mass is 9.73. The van der Waals surface area contributed by atoms with Gasteiger partial charge in [-0.05, 0) is 30.5 Å². The Bertz CT molecular complexity index is 410. The fourth-order valence-corrected chi connectivity index (χ4v) is 2.25. The molecule has 0 aromatic heterocycles. The molecule has 0 spiro atoms. The van der Waals surface area contributed by atoms with E-state index in [0.717, 1.165) is 5.56 Å². The molecule has 1 aromatic carbocycles. The fraction of sp³-hybridized carbons (Fsp3) is 0.500. The number of aliphatic hydroxyl groups is 1. The van der Waals surface area contributed by atoms with Crippen LogP contribution in [0.1, 0.15) is 18.4 Å². The molecule has 3 nitrogen and oxygen atoms in total. The van der Waals surface area contributed by atoms with Gasteiger partial charge in [0.25, 0.3) is 0 Å². The van der Waals surface area contributed by atoms with Gasteiger partial charge in [-0.15, -0.1) is 13.2 Å². The summed E-state index contributed by atoms with van der Waals surface area (Å²) in [4.78, 5) is 0. The van der Waals surface area contributed by atoms with E-state index in [1.54, 1.807) is 0 Å². The zero-order chi connectivity index (χ0) is 13.4. The molecule has 0 saturated heterocycles. The molecule has 1 fully saturated rings. The minimum atomic E-state index is -4.68. The van der Waals surface area contributed by atoms with Crippen LogP contribution in [0, 0.1) is 0 Å². The Morgan fingerprint density at radius 1 is 1.28 bits per heavy atom. The van der Waals surface area contributed by atoms with Crippen molar-refractivity contribution in [1.29, 1.82) is 0 Å². The molecule has 100 valence electrons. The molecule has 2 rings (SSSR count). The molecular formula is C12H14F3NO2. The van der Waals surface area contributed by atoms with Crippen molar-refractivity contribution in [2.75, 3.05) is 0 Å². The number of rotatable bonds is 3. The molecule has 0 heterocycles. The molecule has 1 aromatic rings. The third kappa shape index (κ3) is 3.36. The molecule has 6 heteroatoms. The van der Waals surface area contributed by atoms with E-state index in [9.17, 15) is 18.3 Å². The van der Waals surface area contributed by atoms with Gasteiger partial charge in [-0.3, -0.25) is 0 Å². The van der Waals surface area contributed by atoms with Gasteiger partial charge in [-0.1, -0.05) is 12.1 Å². The zero-order valence-corrected chi connectivity index (χ0v) is 9.57. The molecular weight excluding hydrogens is 247 g/mol. The van der Waals surface area contributed by atoms with Crippen molar-refractivity contribution in [2.45, 2.75) is 37.3 Å². The van der Waals surface area contributed by atoms with Crippen molar-refractivity contribution >= 4 is 0 Å². The van der Waals surface area contributed by atoms with E-state index >= 15 is 0 Å². The number of hydrogen-bond donors (Lipinski definition) is 2. The predicted molar refractivity (Wildman–Crippen MR) is 59.0 cm³/mol. The number of ether oxygens (including phenoxy) is 1. The van der Waals surface area contributed by atoms with E-state index in [1.807, 2.05) is 0 Å². The summed E-state index contributed by atoms with van der Waals surface area (Å²) < 4.78 is 39.6. The lowest BCUT2D eigenvalue weighted by molar-refractivity contribution is -0.274. The van der Waals surface area contributed by atoms with Gasteiger partial charge in [-0.25, -0.2) is 0 Å². The Morgan fingerprint density at radius 2 is 1.83 bits per heavy atom. The number of benzene rings is 1. The third-order valence-electron chi connectivity index (χ3n) is 2.97. The molecule has 0 unspecified atom stereocenters. The average Bonchev–Trinajstić information content (AvgIpc) is 2.16. The maximum absolute atomic E-state index is 11.9. The van der Waals surface area contributed by atoms with E-state index in [1.165, 1.54) is 24.3 Å². The highest BCUT2D eigenvalue weighted by Gasteiger charge is 2.40. The Kier molecular flexibility index (Phi) is 3.25. The standard InChI is InChI=1S/C12H14F3NO2/c13-12(14,15)18-10-3-1-8(2-4-10)5-11(17)6-9(16)7-11/h1-4,9,17H,5-7,16H2. The van der Waals surface area contributed by atoms with Gasteiger partial charge in [0.15, 0.2) is 0 Å². The van der Waals surface area contributed by atoms with Gasteiger partial charge in [0.05, 0.1) is 5.60 Å². The largest absolute Gasteiger partial charge is 0.573 e. The summed E-state index contributed by atoms with van der Waals surface area (Å²) in [6, 6.07) is 5.53. The van der Waals surface area contributed by atoms with Crippen LogP contribution in [-0.4, -0.2) is 23.1 Å². The first-order valence-electron chi connectivity index (χ1n) is 5.58. The van der Waals surface area contributed by atoms with Crippen molar-refractivity contribution in [3.63, 3.8) is 0 Å². The van der Waals surface area contributed by atoms with Crippen molar-refractivity contribution in [1.82, 2.24) is 0 Å². The van der Waals surface area contributed by atoms with E-state index in [2.05, 4.69) is 4.74 Å². The van der Waals surface area contributed by atoms with E-state index in [4.69, 9.17) is 5.73 Å². The second-order valence-electron chi connectivity index (χ2n) is 4.76. The number of halogens is 3. The lowest BCUT2D eigenvalue weighted by Crippen LogP contribution is -2.52. The third-order valence-corrected chi connectivity index (χ3v) is 2.97. The van der Waals surface area contributed by atoms with Crippen LogP contribution in [-0.2, 0) is 6.42 Å². The molecule has 0 radical (unpaired) electrons. The monoisotopic (exact) mass is 261 g/mol. The summed E-state index contributed by atoms with van der Waals surface area (Å²) in [5.41, 5.74) is 5.55. The Hall–Kier alpha value is -1.27. The van der Waals surface area contributed by atoms with Crippen molar-refractivity contribution in [3.8, 4) is 5.75 Å². The van der Waals surface area contributed by atoms with Crippen LogP contribution in [0.5, 0.6) is 5.75 Å². The highest BCUT2D eigenvalue weighted by atomic mass is 19.4. The average molecular weight is 261 g/mol. The Morgan fingerprint density at radius 3 is 2.28 bits per heavy atom. The Balaban J connectivity index is 1.96. The topological polar surface area (TPSA) is 55.5 Å². The summed E-state index contributed by atoms with van der Waals surface area (Å²) in [7, 11) is 0. The smallest absolute Gasteiger partial charge is 0.406 e. The number of hydrogen-bond acceptors (Lipinski definition) is 3. The molecule has 0 amide bonds. The number of nitrogens with two attached hydrogens (primary N) is 1. The minimum Gasteiger partial charge on any atom is -0.406 e. The maximum atomic E-state index is 11.9. The van der Waals surface area contributed by atoms with Crippen molar-refractivity contribution in [2.24, 2.45) is 5.73 Å². The molecule has 3 N–H and O–H groups in total. The first-order valence-corrected chi connectivity index (χ1v) is 5.58. The van der Waals surface area contributed by atoms with Gasteiger partial charge in [0.2, 0.25) is 0 Å². The number of alkyl halides is 3. The quantitative estimate of drug-likeness (QED) is 0.874. The lowest BCUT2D eigenvalue weighted by Gasteiger charge is -2.42. The SMILES string of the molecule is NC1CC(O)(Cc2ccc(OC(F)(F)F)cc2)C1. The molecule has 0 aliphatic heterocycles. The molecule has 1 aliphatic carbocycles. The summed E-state index contributed by atoms with van der Waals surface area (Å²) in [6.07, 6.45) is -3.24. The minimum absolute atomic E-state index is 0.0165. The maximum Gasteiger partial charge on any atom is 0.573 e. The molecule has 18 heavy (non-hydrogen) atoms. The molecule has 1 saturated carbocycles. The summed E-state index contributed by atoms with van der Waals surface area (Å²) >= 11 is 0. The van der Waals surface area contributed by atoms with Crippen LogP contribution in [0.3, 0.4) is 0 Å². The normalized spacial score (nSPS) is 27.7. The van der Waals surface area contributed by atoms with Gasteiger partial charge in [-0.2, -0.15) is 0 Å². The second kappa shape index (κ2) is 4.44. The second-order valence-corrected chi connectivity index (χ2v) is 4.76. The zero-order valence-electron chi connectivity index (χ0n) is 9.57. The van der Waals surface area contributed by atoms with E-state index in [0.29, 0.717) is 19.3 Å². The first kappa shape index (κ1) is 13.2. The first-order chi connectivity index (χ1) is 8.26. The summed E-state index contributed by atoms with van der Waals surface area (Å²) in [5, 5.41) is 10.00. The van der Waals surface area contributed by atoms with E-state index < -0.39 is 12.0 Å². The van der Waals surface area contributed by atoms with Gasteiger partial charge in [0, 0.05) is 12.5 Å². The van der Waals surface area contributed by atoms with Crippen LogP contribution in [0.2, 0.25) is 0 Å². The van der Waals surface area contributed by atoms with Gasteiger partial charge in [0.1, 0.15) is 5.75 Å². The Labute approximate surface area is 102 Å². The highest BCUT2D eigenvalue weighted by Crippen LogP contribution is 2.34. The van der Waals surface area contributed by atoms with Crippen LogP contribution >= 0.6 is 0 Å². The summed E-state index contributed by atoms with van der Waals surface area (Å²) in [5.74, 6) is -0.261. The molecule has 0 bridgehead atoms. The van der Waals surface area contributed by atoms with Crippen LogP contribution in [0.15, 0.2) is 24.3 Å².